The maximum Gasteiger partial charge on any atom is 0.326 e. The molecular formula is C40H58N10O11S. The van der Waals surface area contributed by atoms with E-state index in [1.165, 1.54) is 36.1 Å². The predicted molar refractivity (Wildman–Crippen MR) is 226 cm³/mol. The van der Waals surface area contributed by atoms with Crippen LogP contribution in [0.1, 0.15) is 64.1 Å². The summed E-state index contributed by atoms with van der Waals surface area (Å²) in [7, 11) is 0. The van der Waals surface area contributed by atoms with Gasteiger partial charge in [0.2, 0.25) is 41.4 Å². The fourth-order valence-corrected chi connectivity index (χ4v) is 7.06. The lowest BCUT2D eigenvalue weighted by Gasteiger charge is -2.31. The molecule has 3 rings (SSSR count). The predicted octanol–water partition coefficient (Wildman–Crippen LogP) is -1.57. The maximum absolute atomic E-state index is 14.2. The number of carboxylic acids is 2. The molecule has 0 aliphatic carbocycles. The number of rotatable bonds is 25. The average molecular weight is 887 g/mol. The normalized spacial score (nSPS) is 16.9. The lowest BCUT2D eigenvalue weighted by Crippen LogP contribution is -2.60. The molecule has 21 nitrogen and oxygen atoms in total. The quantitative estimate of drug-likeness (QED) is 0.0539. The molecule has 1 fully saturated rings. The van der Waals surface area contributed by atoms with Crippen molar-refractivity contribution in [2.75, 3.05) is 25.1 Å². The third kappa shape index (κ3) is 15.8. The van der Waals surface area contributed by atoms with Gasteiger partial charge in [-0.2, -0.15) is 11.8 Å². The summed E-state index contributed by atoms with van der Waals surface area (Å²) in [5, 5.41) is 34.1. The molecule has 2 aromatic rings. The molecule has 0 spiro atoms. The van der Waals surface area contributed by atoms with Crippen molar-refractivity contribution in [2.24, 2.45) is 11.7 Å². The molecule has 1 aromatic carbocycles. The number of likely N-dealkylation sites (tertiary alicyclic amines) is 1. The van der Waals surface area contributed by atoms with E-state index in [9.17, 15) is 48.3 Å². The number of thioether (sulfide) groups is 1. The molecule has 1 aromatic heterocycles. The molecule has 7 amide bonds. The van der Waals surface area contributed by atoms with Gasteiger partial charge in [0.15, 0.2) is 0 Å². The molecule has 62 heavy (non-hydrogen) atoms. The number of benzene rings is 1. The van der Waals surface area contributed by atoms with E-state index in [-0.39, 0.29) is 32.2 Å². The highest BCUT2D eigenvalue weighted by atomic mass is 32.2. The number of nitrogens with two attached hydrogens (primary N) is 1. The van der Waals surface area contributed by atoms with Gasteiger partial charge >= 0.3 is 11.9 Å². The van der Waals surface area contributed by atoms with Crippen LogP contribution in [0.5, 0.6) is 0 Å². The van der Waals surface area contributed by atoms with Crippen molar-refractivity contribution in [1.82, 2.24) is 46.8 Å². The van der Waals surface area contributed by atoms with Crippen LogP contribution in [-0.2, 0) is 56.0 Å². The van der Waals surface area contributed by atoms with Crippen LogP contribution >= 0.6 is 11.8 Å². The number of amides is 7. The van der Waals surface area contributed by atoms with Gasteiger partial charge in [0.1, 0.15) is 36.3 Å². The Morgan fingerprint density at radius 3 is 2.19 bits per heavy atom. The van der Waals surface area contributed by atoms with Gasteiger partial charge in [-0.05, 0) is 49.7 Å². The Kier molecular flexibility index (Phi) is 20.3. The molecule has 0 unspecified atom stereocenters. The Balaban J connectivity index is 1.68. The summed E-state index contributed by atoms with van der Waals surface area (Å²) in [6.07, 6.45) is 5.25. The van der Waals surface area contributed by atoms with E-state index >= 15 is 0 Å². The summed E-state index contributed by atoms with van der Waals surface area (Å²) in [6, 6.07) is 0.363. The van der Waals surface area contributed by atoms with Gasteiger partial charge in [0.25, 0.3) is 0 Å². The van der Waals surface area contributed by atoms with Crippen molar-refractivity contribution >= 4 is 65.1 Å². The first-order valence-electron chi connectivity index (χ1n) is 20.2. The number of hydrogen-bond acceptors (Lipinski definition) is 12. The number of carbonyl (C=O) groups excluding carboxylic acids is 7. The molecule has 1 aliphatic rings. The number of hydrogen-bond donors (Lipinski definition) is 10. The summed E-state index contributed by atoms with van der Waals surface area (Å²) in [5.41, 5.74) is 6.81. The largest absolute Gasteiger partial charge is 0.481 e. The lowest BCUT2D eigenvalue weighted by molar-refractivity contribution is -0.145. The molecule has 11 N–H and O–H groups in total. The molecule has 0 radical (unpaired) electrons. The molecule has 0 bridgehead atoms. The topological polar surface area (TPSA) is 324 Å². The first kappa shape index (κ1) is 50.3. The van der Waals surface area contributed by atoms with E-state index in [1.54, 1.807) is 50.4 Å². The molecule has 1 aliphatic heterocycles. The number of carboxylic acid groups (broad SMARTS) is 2. The fourth-order valence-electron chi connectivity index (χ4n) is 6.59. The standard InChI is InChI=1S/C40H58N10O11S/c1-5-22(2)33(49-34(54)23(3)45-31(51)20-43-36(56)27(13-15-62-4)46-35(55)26(41)18-32(52)53)38(58)47-28(17-25-19-42-21-44-25)39(59)50-14-9-12-30(50)37(57)48-29(40(60)61)16-24-10-7-6-8-11-24/h6-8,10-11,19,21-23,26-30,33H,5,9,12-18,20,41H2,1-4H3,(H,42,44)(H,43,56)(H,45,51)(H,46,55)(H,47,58)(H,48,57)(H,49,54)(H,52,53)(H,60,61)/t22-,23-,26-,27-,28-,29-,30-,33-/m0/s1. The SMILES string of the molecule is CC[C@H](C)[C@H](NC(=O)[C@H](C)NC(=O)CNC(=O)[C@H](CCSC)NC(=O)[C@@H](N)CC(=O)O)C(=O)N[C@@H](Cc1cnc[nH]1)C(=O)N1CCC[C@H]1C(=O)N[C@@H](Cc1ccccc1)C(=O)O. The molecule has 0 saturated carbocycles. The molecule has 22 heteroatoms. The Morgan fingerprint density at radius 2 is 1.58 bits per heavy atom. The Hall–Kier alpha value is -6.03. The summed E-state index contributed by atoms with van der Waals surface area (Å²) in [4.78, 5) is 125. The zero-order valence-corrected chi connectivity index (χ0v) is 36.0. The third-order valence-corrected chi connectivity index (χ3v) is 10.9. The molecule has 8 atom stereocenters. The van der Waals surface area contributed by atoms with Gasteiger partial charge < -0.3 is 57.7 Å². The van der Waals surface area contributed by atoms with Crippen molar-refractivity contribution in [2.45, 2.75) is 108 Å². The number of nitrogens with one attached hydrogen (secondary N) is 7. The molecule has 340 valence electrons. The number of imidazole rings is 1. The van der Waals surface area contributed by atoms with Crippen molar-refractivity contribution in [3.8, 4) is 0 Å². The van der Waals surface area contributed by atoms with Crippen LogP contribution in [0.2, 0.25) is 0 Å². The van der Waals surface area contributed by atoms with Crippen molar-refractivity contribution < 1.29 is 53.4 Å². The van der Waals surface area contributed by atoms with Crippen LogP contribution in [0.25, 0.3) is 0 Å². The van der Waals surface area contributed by atoms with Crippen LogP contribution in [0, 0.1) is 5.92 Å². The minimum atomic E-state index is -1.40. The van der Waals surface area contributed by atoms with Crippen molar-refractivity contribution in [1.29, 1.82) is 0 Å². The van der Waals surface area contributed by atoms with Gasteiger partial charge in [-0.15, -0.1) is 0 Å². The van der Waals surface area contributed by atoms with E-state index in [0.717, 1.165) is 0 Å². The van der Waals surface area contributed by atoms with Gasteiger partial charge in [-0.1, -0.05) is 50.6 Å². The first-order valence-corrected chi connectivity index (χ1v) is 21.6. The second-order valence-electron chi connectivity index (χ2n) is 15.0. The lowest BCUT2D eigenvalue weighted by atomic mass is 9.97. The second-order valence-corrected chi connectivity index (χ2v) is 16.0. The summed E-state index contributed by atoms with van der Waals surface area (Å²) in [5.74, 6) is -7.63. The number of carbonyl (C=O) groups is 9. The number of aromatic nitrogens is 2. The van der Waals surface area contributed by atoms with Crippen LogP contribution in [0.4, 0.5) is 0 Å². The third-order valence-electron chi connectivity index (χ3n) is 10.3. The van der Waals surface area contributed by atoms with Crippen LogP contribution in [-0.4, -0.2) is 146 Å². The van der Waals surface area contributed by atoms with Crippen LogP contribution in [0.3, 0.4) is 0 Å². The smallest absolute Gasteiger partial charge is 0.326 e. The Morgan fingerprint density at radius 1 is 0.887 bits per heavy atom. The monoisotopic (exact) mass is 886 g/mol. The summed E-state index contributed by atoms with van der Waals surface area (Å²) < 4.78 is 0. The summed E-state index contributed by atoms with van der Waals surface area (Å²) in [6.45, 7) is 4.45. The van der Waals surface area contributed by atoms with E-state index in [1.807, 2.05) is 0 Å². The van der Waals surface area contributed by atoms with Gasteiger partial charge in [-0.25, -0.2) is 9.78 Å². The van der Waals surface area contributed by atoms with Crippen LogP contribution in [0.15, 0.2) is 42.9 Å². The van der Waals surface area contributed by atoms with E-state index < -0.39 is 114 Å². The minimum absolute atomic E-state index is 0.0250. The zero-order valence-electron chi connectivity index (χ0n) is 35.2. The molecule has 2 heterocycles. The van der Waals surface area contributed by atoms with Gasteiger partial charge in [0, 0.05) is 31.3 Å². The summed E-state index contributed by atoms with van der Waals surface area (Å²) >= 11 is 1.39. The zero-order chi connectivity index (χ0) is 45.9. The first-order chi connectivity index (χ1) is 29.4. The highest BCUT2D eigenvalue weighted by Crippen LogP contribution is 2.21. The number of H-pyrrole nitrogens is 1. The van der Waals surface area contributed by atoms with Crippen LogP contribution < -0.4 is 37.6 Å². The van der Waals surface area contributed by atoms with Crippen molar-refractivity contribution in [3.05, 3.63) is 54.1 Å². The van der Waals surface area contributed by atoms with Gasteiger partial charge in [0.05, 0.1) is 25.3 Å². The van der Waals surface area contributed by atoms with E-state index in [0.29, 0.717) is 29.9 Å². The molecular weight excluding hydrogens is 829 g/mol. The van der Waals surface area contributed by atoms with Crippen molar-refractivity contribution in [3.63, 3.8) is 0 Å². The fraction of sp³-hybridized carbons (Fsp3) is 0.550. The molecule has 1 saturated heterocycles. The highest BCUT2D eigenvalue weighted by molar-refractivity contribution is 7.98. The number of aromatic amines is 1. The average Bonchev–Trinajstić information content (AvgIpc) is 3.95. The minimum Gasteiger partial charge on any atom is -0.481 e. The van der Waals surface area contributed by atoms with Gasteiger partial charge in [-0.3, -0.25) is 38.4 Å². The highest BCUT2D eigenvalue weighted by Gasteiger charge is 2.40. The number of nitrogens with zero attached hydrogens (tertiary/aromatic N) is 2. The van der Waals surface area contributed by atoms with E-state index in [2.05, 4.69) is 41.9 Å². The number of aliphatic carboxylic acids is 2. The Bertz CT molecular complexity index is 1870. The second kappa shape index (κ2) is 25.0. The van der Waals surface area contributed by atoms with E-state index in [4.69, 9.17) is 10.8 Å². The maximum atomic E-state index is 14.2. The Labute approximate surface area is 363 Å².